The Balaban J connectivity index is 1.68. The Morgan fingerprint density at radius 1 is 0.971 bits per heavy atom. The second-order valence-electron chi connectivity index (χ2n) is 9.59. The van der Waals surface area contributed by atoms with Crippen LogP contribution < -0.4 is 11.1 Å². The van der Waals surface area contributed by atoms with Crippen LogP contribution in [0, 0.1) is 18.7 Å². The number of nitrogens with one attached hydrogen (secondary N) is 1. The topological polar surface area (TPSA) is 67.7 Å². The van der Waals surface area contributed by atoms with Crippen molar-refractivity contribution in [2.45, 2.75) is 38.1 Å². The van der Waals surface area contributed by atoms with Crippen molar-refractivity contribution in [2.24, 2.45) is 16.6 Å². The van der Waals surface area contributed by atoms with Gasteiger partial charge < -0.3 is 11.1 Å². The van der Waals surface area contributed by atoms with Crippen LogP contribution in [0.2, 0.25) is 0 Å². The molecule has 1 fully saturated rings. The summed E-state index contributed by atoms with van der Waals surface area (Å²) in [4.78, 5) is 5.08. The number of aliphatic imine (C=N–C) groups is 1. The molecule has 0 saturated heterocycles. The van der Waals surface area contributed by atoms with Gasteiger partial charge in [-0.15, -0.1) is 0 Å². The standard InChI is InChI=1S/C29H28FN5/c1-19-9-11-20(12-10-19)24-7-4-8-25-26(27(34-35(24)25)21-13-15-23(30)16-14-21)29(22-5-2-3-6-22)17-18-32-28(31)33-29/h4,7-18,22H,2-3,5-6H2,1H3,(H3,31,32,33). The molecule has 0 spiro atoms. The van der Waals surface area contributed by atoms with Gasteiger partial charge in [0.25, 0.3) is 0 Å². The highest BCUT2D eigenvalue weighted by molar-refractivity contribution is 5.84. The van der Waals surface area contributed by atoms with Gasteiger partial charge >= 0.3 is 0 Å². The molecule has 2 aliphatic rings. The number of aromatic nitrogens is 2. The molecule has 4 aromatic rings. The van der Waals surface area contributed by atoms with E-state index in [1.807, 2.05) is 10.7 Å². The first-order valence-electron chi connectivity index (χ1n) is 12.2. The predicted octanol–water partition coefficient (Wildman–Crippen LogP) is 5.93. The van der Waals surface area contributed by atoms with E-state index < -0.39 is 5.54 Å². The molecule has 1 aliphatic heterocycles. The van der Waals surface area contributed by atoms with Gasteiger partial charge in [0.2, 0.25) is 0 Å². The molecule has 6 heteroatoms. The molecule has 0 radical (unpaired) electrons. The first-order chi connectivity index (χ1) is 17.0. The zero-order valence-electron chi connectivity index (χ0n) is 19.7. The summed E-state index contributed by atoms with van der Waals surface area (Å²) in [6.45, 7) is 2.08. The van der Waals surface area contributed by atoms with Crippen LogP contribution >= 0.6 is 0 Å². The number of fused-ring (bicyclic) bond motifs is 1. The van der Waals surface area contributed by atoms with E-state index in [-0.39, 0.29) is 5.82 Å². The molecule has 5 nitrogen and oxygen atoms in total. The summed E-state index contributed by atoms with van der Waals surface area (Å²) in [5.74, 6) is 0.432. The zero-order valence-corrected chi connectivity index (χ0v) is 19.7. The van der Waals surface area contributed by atoms with Gasteiger partial charge in [0.15, 0.2) is 5.96 Å². The van der Waals surface area contributed by atoms with Crippen molar-refractivity contribution < 1.29 is 4.39 Å². The fourth-order valence-corrected chi connectivity index (χ4v) is 5.68. The molecule has 0 amide bonds. The number of rotatable bonds is 4. The normalized spacial score (nSPS) is 20.2. The van der Waals surface area contributed by atoms with E-state index in [0.717, 1.165) is 46.4 Å². The number of benzene rings is 2. The number of pyridine rings is 1. The van der Waals surface area contributed by atoms with E-state index in [1.165, 1.54) is 30.5 Å². The summed E-state index contributed by atoms with van der Waals surface area (Å²) in [6, 6.07) is 21.3. The van der Waals surface area contributed by atoms with Gasteiger partial charge in [0.05, 0.1) is 16.9 Å². The van der Waals surface area contributed by atoms with Gasteiger partial charge in [-0.05, 0) is 68.2 Å². The molecule has 35 heavy (non-hydrogen) atoms. The van der Waals surface area contributed by atoms with E-state index in [4.69, 9.17) is 15.8 Å². The summed E-state index contributed by atoms with van der Waals surface area (Å²) in [5.41, 5.74) is 12.6. The average molecular weight is 466 g/mol. The van der Waals surface area contributed by atoms with Crippen molar-refractivity contribution in [3.8, 4) is 22.5 Å². The zero-order chi connectivity index (χ0) is 24.0. The van der Waals surface area contributed by atoms with Gasteiger partial charge in [0.1, 0.15) is 11.4 Å². The Labute approximate surface area is 204 Å². The maximum atomic E-state index is 13.9. The fourth-order valence-electron chi connectivity index (χ4n) is 5.68. The smallest absolute Gasteiger partial charge is 0.193 e. The number of aryl methyl sites for hydroxylation is 1. The van der Waals surface area contributed by atoms with Gasteiger partial charge in [-0.2, -0.15) is 5.10 Å². The maximum absolute atomic E-state index is 13.9. The van der Waals surface area contributed by atoms with Crippen LogP contribution in [0.15, 0.2) is 84.0 Å². The molecule has 3 heterocycles. The predicted molar refractivity (Wildman–Crippen MR) is 138 cm³/mol. The molecular weight excluding hydrogens is 437 g/mol. The lowest BCUT2D eigenvalue weighted by Crippen LogP contribution is -2.41. The van der Waals surface area contributed by atoms with E-state index in [2.05, 4.69) is 60.8 Å². The molecule has 2 aromatic heterocycles. The number of halogens is 1. The second-order valence-corrected chi connectivity index (χ2v) is 9.59. The third kappa shape index (κ3) is 3.60. The van der Waals surface area contributed by atoms with Crippen molar-refractivity contribution in [3.63, 3.8) is 0 Å². The summed E-state index contributed by atoms with van der Waals surface area (Å²) in [6.07, 6.45) is 8.52. The molecule has 0 bridgehead atoms. The van der Waals surface area contributed by atoms with Crippen molar-refractivity contribution in [1.82, 2.24) is 14.9 Å². The quantitative estimate of drug-likeness (QED) is 0.392. The number of nitrogens with two attached hydrogens (primary N) is 1. The first-order valence-corrected chi connectivity index (χ1v) is 12.2. The summed E-state index contributed by atoms with van der Waals surface area (Å²) >= 11 is 0. The van der Waals surface area contributed by atoms with Crippen molar-refractivity contribution in [2.75, 3.05) is 0 Å². The van der Waals surface area contributed by atoms with E-state index in [1.54, 1.807) is 12.1 Å². The lowest BCUT2D eigenvalue weighted by molar-refractivity contribution is 0.348. The highest BCUT2D eigenvalue weighted by atomic mass is 19.1. The summed E-state index contributed by atoms with van der Waals surface area (Å²) in [5, 5.41) is 8.21. The summed E-state index contributed by atoms with van der Waals surface area (Å²) in [7, 11) is 0. The Bertz CT molecular complexity index is 1440. The molecule has 2 aromatic carbocycles. The number of guanidine groups is 1. The number of hydrogen-bond donors (Lipinski definition) is 2. The lowest BCUT2D eigenvalue weighted by Gasteiger charge is -2.35. The van der Waals surface area contributed by atoms with Gasteiger partial charge in [-0.1, -0.05) is 48.7 Å². The average Bonchev–Trinajstić information content (AvgIpc) is 3.54. The number of nitrogens with zero attached hydrogens (tertiary/aromatic N) is 3. The minimum atomic E-state index is -0.650. The third-order valence-electron chi connectivity index (χ3n) is 7.37. The van der Waals surface area contributed by atoms with Crippen LogP contribution in [0.25, 0.3) is 28.0 Å². The third-order valence-corrected chi connectivity index (χ3v) is 7.37. The van der Waals surface area contributed by atoms with Crippen molar-refractivity contribution in [3.05, 3.63) is 96.0 Å². The second kappa shape index (κ2) is 8.38. The lowest BCUT2D eigenvalue weighted by atomic mass is 9.75. The molecule has 6 rings (SSSR count). The Morgan fingerprint density at radius 2 is 1.69 bits per heavy atom. The van der Waals surface area contributed by atoms with Crippen LogP contribution in [0.5, 0.6) is 0 Å². The Morgan fingerprint density at radius 3 is 2.40 bits per heavy atom. The number of hydrogen-bond acceptors (Lipinski definition) is 4. The van der Waals surface area contributed by atoms with Crippen LogP contribution in [-0.4, -0.2) is 15.6 Å². The van der Waals surface area contributed by atoms with Crippen molar-refractivity contribution >= 4 is 11.5 Å². The molecule has 1 unspecified atom stereocenters. The highest BCUT2D eigenvalue weighted by Crippen LogP contribution is 2.49. The van der Waals surface area contributed by atoms with Crippen LogP contribution in [-0.2, 0) is 5.54 Å². The minimum Gasteiger partial charge on any atom is -0.370 e. The SMILES string of the molecule is Cc1ccc(-c2cccc3c(C4(C5CCCC5)C=CNC(N)=N4)c(-c4ccc(F)cc4)nn23)cc1. The molecule has 1 atom stereocenters. The first kappa shape index (κ1) is 21.6. The Hall–Kier alpha value is -3.93. The van der Waals surface area contributed by atoms with E-state index in [0.29, 0.717) is 11.9 Å². The fraction of sp³-hybridized carbons (Fsp3) is 0.241. The maximum Gasteiger partial charge on any atom is 0.193 e. The Kier molecular flexibility index (Phi) is 5.17. The largest absolute Gasteiger partial charge is 0.370 e. The molecule has 1 saturated carbocycles. The minimum absolute atomic E-state index is 0.269. The molecule has 1 aliphatic carbocycles. The van der Waals surface area contributed by atoms with Gasteiger partial charge in [-0.25, -0.2) is 13.9 Å². The van der Waals surface area contributed by atoms with Gasteiger partial charge in [0, 0.05) is 22.9 Å². The monoisotopic (exact) mass is 465 g/mol. The van der Waals surface area contributed by atoms with Crippen molar-refractivity contribution in [1.29, 1.82) is 0 Å². The summed E-state index contributed by atoms with van der Waals surface area (Å²) < 4.78 is 15.9. The van der Waals surface area contributed by atoms with E-state index >= 15 is 0 Å². The van der Waals surface area contributed by atoms with E-state index in [9.17, 15) is 4.39 Å². The molecule has 176 valence electrons. The van der Waals surface area contributed by atoms with Crippen LogP contribution in [0.4, 0.5) is 4.39 Å². The van der Waals surface area contributed by atoms with Crippen LogP contribution in [0.3, 0.4) is 0 Å². The highest BCUT2D eigenvalue weighted by Gasteiger charge is 2.45. The van der Waals surface area contributed by atoms with Gasteiger partial charge in [-0.3, -0.25) is 0 Å². The van der Waals surface area contributed by atoms with Crippen LogP contribution in [0.1, 0.15) is 36.8 Å². The molecule has 3 N–H and O–H groups in total. The molecular formula is C29H28FN5.